The van der Waals surface area contributed by atoms with Gasteiger partial charge in [0.2, 0.25) is 0 Å². The third-order valence-corrected chi connectivity index (χ3v) is 7.56. The maximum absolute atomic E-state index is 11.3. The van der Waals surface area contributed by atoms with Gasteiger partial charge in [0, 0.05) is 18.5 Å². The summed E-state index contributed by atoms with van der Waals surface area (Å²) in [4.78, 5) is 11.3. The Balaban J connectivity index is 1.74. The van der Waals surface area contributed by atoms with Crippen LogP contribution in [0.2, 0.25) is 0 Å². The zero-order valence-corrected chi connectivity index (χ0v) is 16.7. The molecule has 1 aliphatic heterocycles. The zero-order chi connectivity index (χ0) is 18.3. The molecular weight excluding hydrogens is 324 g/mol. The highest BCUT2D eigenvalue weighted by atomic mass is 16.4. The Hall–Kier alpha value is -0.610. The fourth-order valence-electron chi connectivity index (χ4n) is 6.30. The van der Waals surface area contributed by atoms with E-state index in [4.69, 9.17) is 0 Å². The summed E-state index contributed by atoms with van der Waals surface area (Å²) in [7, 11) is 0. The van der Waals surface area contributed by atoms with Crippen LogP contribution >= 0.6 is 0 Å². The Bertz CT molecular complexity index is 433. The van der Waals surface area contributed by atoms with Crippen LogP contribution in [0.3, 0.4) is 0 Å². The van der Waals surface area contributed by atoms with Gasteiger partial charge in [-0.2, -0.15) is 0 Å². The minimum atomic E-state index is -0.621. The molecule has 3 aliphatic rings. The van der Waals surface area contributed by atoms with Crippen LogP contribution in [0.1, 0.15) is 109 Å². The quantitative estimate of drug-likeness (QED) is 0.646. The van der Waals surface area contributed by atoms with Gasteiger partial charge in [-0.15, -0.1) is 0 Å². The molecule has 0 aromatic heterocycles. The first kappa shape index (κ1) is 20.1. The molecule has 0 aromatic rings. The van der Waals surface area contributed by atoms with E-state index >= 15 is 0 Å². The summed E-state index contributed by atoms with van der Waals surface area (Å²) < 4.78 is 0. The number of carboxylic acids is 1. The van der Waals surface area contributed by atoms with Crippen molar-refractivity contribution in [1.29, 1.82) is 0 Å². The minimum absolute atomic E-state index is 0.221. The lowest BCUT2D eigenvalue weighted by molar-refractivity contribution is -0.137. The number of rotatable bonds is 3. The van der Waals surface area contributed by atoms with E-state index in [2.05, 4.69) is 10.9 Å². The molecule has 4 nitrogen and oxygen atoms in total. The number of aliphatic carboxylic acids is 1. The first-order chi connectivity index (χ1) is 12.6. The van der Waals surface area contributed by atoms with Crippen LogP contribution in [0.15, 0.2) is 0 Å². The van der Waals surface area contributed by atoms with Gasteiger partial charge in [-0.05, 0) is 56.3 Å². The van der Waals surface area contributed by atoms with E-state index in [1.165, 1.54) is 96.3 Å². The fourth-order valence-corrected chi connectivity index (χ4v) is 6.30. The highest BCUT2D eigenvalue weighted by Crippen LogP contribution is 2.57. The van der Waals surface area contributed by atoms with Crippen LogP contribution < -0.4 is 10.9 Å². The second kappa shape index (κ2) is 9.54. The lowest BCUT2D eigenvalue weighted by Gasteiger charge is -2.39. The van der Waals surface area contributed by atoms with E-state index in [0.29, 0.717) is 17.8 Å². The molecule has 1 heterocycles. The molecule has 2 saturated carbocycles. The zero-order valence-electron chi connectivity index (χ0n) is 16.7. The Kier molecular flexibility index (Phi) is 7.39. The number of hydrogen-bond donors (Lipinski definition) is 3. The summed E-state index contributed by atoms with van der Waals surface area (Å²) in [6, 6.07) is 0. The summed E-state index contributed by atoms with van der Waals surface area (Å²) >= 11 is 0. The molecule has 0 radical (unpaired) electrons. The molecule has 0 amide bonds. The molecule has 0 bridgehead atoms. The lowest BCUT2D eigenvalue weighted by Crippen LogP contribution is -2.55. The van der Waals surface area contributed by atoms with Crippen LogP contribution in [0.25, 0.3) is 0 Å². The number of carboxylic acid groups (broad SMARTS) is 1. The smallest absolute Gasteiger partial charge is 0.303 e. The molecule has 2 aliphatic carbocycles. The topological polar surface area (TPSA) is 61.4 Å². The molecule has 2 unspecified atom stereocenters. The monoisotopic (exact) mass is 364 g/mol. The van der Waals surface area contributed by atoms with Crippen LogP contribution in [0, 0.1) is 11.3 Å². The molecule has 26 heavy (non-hydrogen) atoms. The van der Waals surface area contributed by atoms with Crippen molar-refractivity contribution >= 4 is 5.97 Å². The van der Waals surface area contributed by atoms with Gasteiger partial charge in [0.25, 0.3) is 0 Å². The average molecular weight is 365 g/mol. The molecule has 3 N–H and O–H groups in total. The van der Waals surface area contributed by atoms with Crippen molar-refractivity contribution in [2.75, 3.05) is 6.54 Å². The number of hydrazine groups is 1. The van der Waals surface area contributed by atoms with Crippen LogP contribution in [0.4, 0.5) is 0 Å². The standard InChI is InChI=1S/C22H40N2O2/c25-20(26)12-11-19-17-22(15-10-16-23-24-22)18-21(19)13-8-6-4-2-1-3-5-7-9-14-21/h19,23-24H,1-18H2,(H,25,26). The first-order valence-corrected chi connectivity index (χ1v) is 11.4. The normalized spacial score (nSPS) is 33.6. The van der Waals surface area contributed by atoms with Gasteiger partial charge < -0.3 is 5.11 Å². The number of nitrogens with one attached hydrogen (secondary N) is 2. The van der Waals surface area contributed by atoms with Crippen molar-refractivity contribution in [3.8, 4) is 0 Å². The van der Waals surface area contributed by atoms with Crippen LogP contribution in [0.5, 0.6) is 0 Å². The molecule has 3 rings (SSSR count). The second-order valence-corrected chi connectivity index (χ2v) is 9.49. The summed E-state index contributed by atoms with van der Waals surface area (Å²) in [5.41, 5.74) is 7.70. The molecule has 2 spiro atoms. The predicted molar refractivity (Wildman–Crippen MR) is 106 cm³/mol. The summed E-state index contributed by atoms with van der Waals surface area (Å²) in [5, 5.41) is 9.29. The number of carbonyl (C=O) groups is 1. The predicted octanol–water partition coefficient (Wildman–Crippen LogP) is 5.18. The van der Waals surface area contributed by atoms with Crippen molar-refractivity contribution in [2.24, 2.45) is 11.3 Å². The SMILES string of the molecule is O=C(O)CCC1CC2(CCCNN2)CC12CCCCCCCCCCC2. The largest absolute Gasteiger partial charge is 0.481 e. The van der Waals surface area contributed by atoms with Crippen molar-refractivity contribution in [2.45, 2.75) is 115 Å². The Morgan fingerprint density at radius 3 is 2.04 bits per heavy atom. The molecule has 4 heteroatoms. The lowest BCUT2D eigenvalue weighted by atomic mass is 9.68. The van der Waals surface area contributed by atoms with Crippen LogP contribution in [-0.2, 0) is 4.79 Å². The minimum Gasteiger partial charge on any atom is -0.481 e. The average Bonchev–Trinajstić information content (AvgIpc) is 2.90. The van der Waals surface area contributed by atoms with Gasteiger partial charge >= 0.3 is 5.97 Å². The maximum Gasteiger partial charge on any atom is 0.303 e. The summed E-state index contributed by atoms with van der Waals surface area (Å²) in [6.45, 7) is 1.06. The van der Waals surface area contributed by atoms with Crippen molar-refractivity contribution in [1.82, 2.24) is 10.9 Å². The number of hydrogen-bond acceptors (Lipinski definition) is 3. The van der Waals surface area contributed by atoms with E-state index < -0.39 is 5.97 Å². The molecule has 1 saturated heterocycles. The van der Waals surface area contributed by atoms with E-state index in [-0.39, 0.29) is 5.54 Å². The van der Waals surface area contributed by atoms with Crippen molar-refractivity contribution in [3.05, 3.63) is 0 Å². The third-order valence-electron chi connectivity index (χ3n) is 7.56. The van der Waals surface area contributed by atoms with E-state index in [1.54, 1.807) is 0 Å². The molecular formula is C22H40N2O2. The van der Waals surface area contributed by atoms with E-state index in [1.807, 2.05) is 0 Å². The molecule has 3 fully saturated rings. The van der Waals surface area contributed by atoms with Gasteiger partial charge in [0.15, 0.2) is 0 Å². The van der Waals surface area contributed by atoms with Crippen LogP contribution in [-0.4, -0.2) is 23.2 Å². The van der Waals surface area contributed by atoms with Crippen molar-refractivity contribution in [3.63, 3.8) is 0 Å². The van der Waals surface area contributed by atoms with Gasteiger partial charge in [0.1, 0.15) is 0 Å². The Morgan fingerprint density at radius 1 is 0.885 bits per heavy atom. The fraction of sp³-hybridized carbons (Fsp3) is 0.955. The van der Waals surface area contributed by atoms with Gasteiger partial charge in [-0.25, -0.2) is 0 Å². The van der Waals surface area contributed by atoms with Gasteiger partial charge in [0.05, 0.1) is 0 Å². The van der Waals surface area contributed by atoms with E-state index in [0.717, 1.165) is 13.0 Å². The highest BCUT2D eigenvalue weighted by molar-refractivity contribution is 5.66. The Morgan fingerprint density at radius 2 is 1.50 bits per heavy atom. The summed E-state index contributed by atoms with van der Waals surface area (Å²) in [6.07, 6.45) is 21.2. The first-order valence-electron chi connectivity index (χ1n) is 11.4. The van der Waals surface area contributed by atoms with Gasteiger partial charge in [-0.3, -0.25) is 15.6 Å². The highest BCUT2D eigenvalue weighted by Gasteiger charge is 2.53. The second-order valence-electron chi connectivity index (χ2n) is 9.49. The maximum atomic E-state index is 11.3. The van der Waals surface area contributed by atoms with Gasteiger partial charge in [-0.1, -0.05) is 57.8 Å². The molecule has 0 aromatic carbocycles. The molecule has 2 atom stereocenters. The van der Waals surface area contributed by atoms with E-state index in [9.17, 15) is 9.90 Å². The summed E-state index contributed by atoms with van der Waals surface area (Å²) in [5.74, 6) is -0.0436. The molecule has 150 valence electrons. The Labute approximate surface area is 159 Å². The third kappa shape index (κ3) is 5.22. The van der Waals surface area contributed by atoms with Crippen molar-refractivity contribution < 1.29 is 9.90 Å².